The van der Waals surface area contributed by atoms with Crippen LogP contribution in [0, 0.1) is 6.57 Å². The van der Waals surface area contributed by atoms with Crippen LogP contribution < -0.4 is 0 Å². The van der Waals surface area contributed by atoms with Crippen LogP contribution in [0.5, 0.6) is 0 Å². The standard InChI is InChI=1S/C67H41N3O/c1-68-58-42-63(69-59-34-30-48(43-18-7-2-8-19-43)38-54(59)55-39-49(31-35-60(55)69)44-20-9-3-10-21-44)65(64-53-29-17-28-52(66(53)71-67(58)64)47-26-15-6-16-27-47)70-61-36-32-50(45-22-11-4-12-23-45)40-56(61)57-41-51(33-37-62(57)70)46-24-13-5-14-25-46/h2-42H. The molecule has 0 radical (unpaired) electrons. The largest absolute Gasteiger partial charge is 0.466 e. The van der Waals surface area contributed by atoms with Crippen molar-refractivity contribution in [3.05, 3.63) is 260 Å². The molecule has 4 heteroatoms. The van der Waals surface area contributed by atoms with Crippen molar-refractivity contribution in [1.29, 1.82) is 0 Å². The van der Waals surface area contributed by atoms with E-state index in [0.717, 1.165) is 127 Å². The average Bonchev–Trinajstić information content (AvgIpc) is 4.11. The molecule has 0 amide bonds. The van der Waals surface area contributed by atoms with Gasteiger partial charge < -0.3 is 13.6 Å². The van der Waals surface area contributed by atoms with Crippen LogP contribution in [0.4, 0.5) is 5.69 Å². The Kier molecular flexibility index (Phi) is 9.23. The van der Waals surface area contributed by atoms with Gasteiger partial charge in [-0.1, -0.05) is 194 Å². The molecule has 330 valence electrons. The minimum Gasteiger partial charge on any atom is -0.466 e. The number of para-hydroxylation sites is 1. The van der Waals surface area contributed by atoms with Gasteiger partial charge >= 0.3 is 0 Å². The number of aromatic nitrogens is 2. The van der Waals surface area contributed by atoms with E-state index >= 15 is 0 Å². The first-order valence-corrected chi connectivity index (χ1v) is 24.0. The van der Waals surface area contributed by atoms with E-state index in [1.54, 1.807) is 0 Å². The molecule has 0 N–H and O–H groups in total. The van der Waals surface area contributed by atoms with Crippen molar-refractivity contribution in [2.24, 2.45) is 0 Å². The van der Waals surface area contributed by atoms with Gasteiger partial charge in [-0.3, -0.25) is 0 Å². The van der Waals surface area contributed by atoms with Gasteiger partial charge in [0.25, 0.3) is 0 Å². The molecule has 0 fully saturated rings. The van der Waals surface area contributed by atoms with Gasteiger partial charge in [0.1, 0.15) is 11.2 Å². The van der Waals surface area contributed by atoms with Gasteiger partial charge in [-0.05, 0) is 105 Å². The third-order valence-electron chi connectivity index (χ3n) is 14.3. The van der Waals surface area contributed by atoms with Gasteiger partial charge in [-0.2, -0.15) is 0 Å². The van der Waals surface area contributed by atoms with E-state index in [1.807, 2.05) is 6.07 Å². The van der Waals surface area contributed by atoms with Crippen LogP contribution in [-0.2, 0) is 0 Å². The maximum absolute atomic E-state index is 8.88. The summed E-state index contributed by atoms with van der Waals surface area (Å²) < 4.78 is 12.0. The second-order valence-corrected chi connectivity index (χ2v) is 18.3. The summed E-state index contributed by atoms with van der Waals surface area (Å²) in [5.41, 5.74) is 19.0. The van der Waals surface area contributed by atoms with E-state index in [2.05, 4.69) is 257 Å². The molecule has 0 saturated carbocycles. The maximum atomic E-state index is 8.88. The van der Waals surface area contributed by atoms with Gasteiger partial charge in [0, 0.05) is 37.9 Å². The van der Waals surface area contributed by atoms with Crippen molar-refractivity contribution >= 4 is 71.2 Å². The Balaban J connectivity index is 1.16. The van der Waals surface area contributed by atoms with Crippen LogP contribution in [-0.4, -0.2) is 9.13 Å². The molecule has 0 unspecified atom stereocenters. The van der Waals surface area contributed by atoms with Crippen LogP contribution >= 0.6 is 0 Å². The molecule has 0 saturated heterocycles. The Hall–Kier alpha value is -9.69. The highest BCUT2D eigenvalue weighted by molar-refractivity contribution is 6.21. The van der Waals surface area contributed by atoms with E-state index in [1.165, 1.54) is 0 Å². The Labute approximate surface area is 410 Å². The van der Waals surface area contributed by atoms with E-state index in [4.69, 9.17) is 11.0 Å². The zero-order valence-corrected chi connectivity index (χ0v) is 38.4. The van der Waals surface area contributed by atoms with Gasteiger partial charge in [0.15, 0.2) is 0 Å². The zero-order valence-electron chi connectivity index (χ0n) is 38.4. The maximum Gasteiger partial charge on any atom is 0.231 e. The second kappa shape index (κ2) is 16.2. The lowest BCUT2D eigenvalue weighted by molar-refractivity contribution is 0.671. The van der Waals surface area contributed by atoms with Crippen molar-refractivity contribution in [3.8, 4) is 67.0 Å². The van der Waals surface area contributed by atoms with Crippen LogP contribution in [0.25, 0.3) is 137 Å². The van der Waals surface area contributed by atoms with E-state index < -0.39 is 0 Å². The molecular formula is C67H41N3O. The van der Waals surface area contributed by atoms with Crippen LogP contribution in [0.2, 0.25) is 0 Å². The van der Waals surface area contributed by atoms with Gasteiger partial charge in [-0.25, -0.2) is 4.85 Å². The molecule has 11 aromatic carbocycles. The number of rotatable bonds is 7. The summed E-state index contributed by atoms with van der Waals surface area (Å²) in [5.74, 6) is 0. The van der Waals surface area contributed by atoms with E-state index in [9.17, 15) is 0 Å². The Morgan fingerprint density at radius 2 is 0.690 bits per heavy atom. The fraction of sp³-hybridized carbons (Fsp3) is 0. The summed E-state index contributed by atoms with van der Waals surface area (Å²) in [5, 5.41) is 6.34. The van der Waals surface area contributed by atoms with Crippen LogP contribution in [0.1, 0.15) is 0 Å². The van der Waals surface area contributed by atoms with E-state index in [0.29, 0.717) is 11.3 Å². The topological polar surface area (TPSA) is 27.4 Å². The highest BCUT2D eigenvalue weighted by atomic mass is 16.3. The Morgan fingerprint density at radius 1 is 0.310 bits per heavy atom. The lowest BCUT2D eigenvalue weighted by Crippen LogP contribution is -2.04. The summed E-state index contributed by atoms with van der Waals surface area (Å²) in [4.78, 5) is 4.31. The highest BCUT2D eigenvalue weighted by Gasteiger charge is 2.28. The lowest BCUT2D eigenvalue weighted by atomic mass is 10.0. The number of hydrogen-bond donors (Lipinski definition) is 0. The highest BCUT2D eigenvalue weighted by Crippen LogP contribution is 2.49. The summed E-state index contributed by atoms with van der Waals surface area (Å²) >= 11 is 0. The average molecular weight is 904 g/mol. The van der Waals surface area contributed by atoms with Crippen molar-refractivity contribution in [2.45, 2.75) is 0 Å². The molecule has 0 spiro atoms. The first-order chi connectivity index (χ1) is 35.2. The molecule has 0 aliphatic rings. The second-order valence-electron chi connectivity index (χ2n) is 18.3. The SMILES string of the molecule is [C-]#[N+]c1cc(-n2c3ccc(-c4ccccc4)cc3c3cc(-c4ccccc4)ccc32)c(-n2c3ccc(-c4ccccc4)cc3c3cc(-c4ccccc4)ccc32)c2c1oc1c(-c3ccccc3)cccc12. The number of nitrogens with zero attached hydrogens (tertiary/aromatic N) is 3. The smallest absolute Gasteiger partial charge is 0.231 e. The van der Waals surface area contributed by atoms with Crippen molar-refractivity contribution < 1.29 is 4.42 Å². The minimum atomic E-state index is 0.448. The van der Waals surface area contributed by atoms with Crippen molar-refractivity contribution in [2.75, 3.05) is 0 Å². The molecule has 0 aliphatic carbocycles. The molecule has 4 nitrogen and oxygen atoms in total. The molecule has 0 atom stereocenters. The van der Waals surface area contributed by atoms with E-state index in [-0.39, 0.29) is 0 Å². The molecule has 3 aromatic heterocycles. The third-order valence-corrected chi connectivity index (χ3v) is 14.3. The van der Waals surface area contributed by atoms with Gasteiger partial charge in [-0.15, -0.1) is 0 Å². The molecule has 71 heavy (non-hydrogen) atoms. The summed E-state index contributed by atoms with van der Waals surface area (Å²) in [7, 11) is 0. The normalized spacial score (nSPS) is 11.6. The molecule has 3 heterocycles. The Bertz CT molecular complexity index is 4230. The van der Waals surface area contributed by atoms with Crippen LogP contribution in [0.15, 0.2) is 253 Å². The number of benzene rings is 11. The predicted octanol–water partition coefficient (Wildman–Crippen LogP) is 18.7. The van der Waals surface area contributed by atoms with Crippen molar-refractivity contribution in [1.82, 2.24) is 9.13 Å². The fourth-order valence-electron chi connectivity index (χ4n) is 11.0. The quantitative estimate of drug-likeness (QED) is 0.146. The first-order valence-electron chi connectivity index (χ1n) is 24.0. The first kappa shape index (κ1) is 40.4. The minimum absolute atomic E-state index is 0.448. The number of hydrogen-bond acceptors (Lipinski definition) is 1. The van der Waals surface area contributed by atoms with Gasteiger partial charge in [0.05, 0.1) is 40.0 Å². The summed E-state index contributed by atoms with van der Waals surface area (Å²) in [6, 6.07) is 88.7. The summed E-state index contributed by atoms with van der Waals surface area (Å²) in [6.07, 6.45) is 0. The zero-order chi connectivity index (χ0) is 47.0. The number of furan rings is 1. The monoisotopic (exact) mass is 903 g/mol. The van der Waals surface area contributed by atoms with Gasteiger partial charge in [0.2, 0.25) is 5.69 Å². The van der Waals surface area contributed by atoms with Crippen molar-refractivity contribution in [3.63, 3.8) is 0 Å². The predicted molar refractivity (Wildman–Crippen MR) is 296 cm³/mol. The molecular weight excluding hydrogens is 863 g/mol. The number of fused-ring (bicyclic) bond motifs is 9. The molecule has 14 aromatic rings. The molecule has 14 rings (SSSR count). The Morgan fingerprint density at radius 3 is 1.08 bits per heavy atom. The summed E-state index contributed by atoms with van der Waals surface area (Å²) in [6.45, 7) is 8.88. The third kappa shape index (κ3) is 6.45. The molecule has 0 bridgehead atoms. The molecule has 0 aliphatic heterocycles. The fourth-order valence-corrected chi connectivity index (χ4v) is 11.0. The lowest BCUT2D eigenvalue weighted by Gasteiger charge is -2.19. The van der Waals surface area contributed by atoms with Crippen LogP contribution in [0.3, 0.4) is 0 Å².